The first-order valence-corrected chi connectivity index (χ1v) is 13.8. The molecular formula is C17H27ClSiTe. The van der Waals surface area contributed by atoms with E-state index in [1.165, 1.54) is 35.7 Å². The van der Waals surface area contributed by atoms with E-state index in [1.807, 2.05) is 15.4 Å². The van der Waals surface area contributed by atoms with Gasteiger partial charge in [-0.25, -0.2) is 0 Å². The molecule has 112 valence electrons. The molecule has 0 aliphatic heterocycles. The summed E-state index contributed by atoms with van der Waals surface area (Å²) in [5, 5.41) is 0.847. The fraction of sp³-hybridized carbons (Fsp3) is 0.529. The molecule has 0 aliphatic carbocycles. The summed E-state index contributed by atoms with van der Waals surface area (Å²) in [7, 11) is -1.17. The zero-order chi connectivity index (χ0) is 15.0. The standard InChI is InChI=1S/C17H27ClSiTe/c1-5-6-7-8-9-10-17(19(2,3)4)20-16-13-11-15(18)12-14-16/h10-14H,5-9H2,1-4H3/b17-10+. The average Bonchev–Trinajstić information content (AvgIpc) is 2.38. The Morgan fingerprint density at radius 1 is 1.10 bits per heavy atom. The number of unbranched alkanes of at least 4 members (excludes halogenated alkanes) is 4. The van der Waals surface area contributed by atoms with Gasteiger partial charge in [-0.05, 0) is 0 Å². The SMILES string of the molecule is CCCCCC/C=C(/[Te]c1ccc(Cl)cc1)[Si](C)(C)C. The van der Waals surface area contributed by atoms with Crippen molar-refractivity contribution < 1.29 is 0 Å². The third-order valence-electron chi connectivity index (χ3n) is 3.17. The molecule has 0 saturated heterocycles. The molecule has 0 heterocycles. The van der Waals surface area contributed by atoms with Crippen LogP contribution in [0.4, 0.5) is 0 Å². The molecule has 0 aromatic heterocycles. The number of halogens is 1. The molecular weight excluding hydrogens is 395 g/mol. The van der Waals surface area contributed by atoms with Gasteiger partial charge in [-0.2, -0.15) is 0 Å². The summed E-state index contributed by atoms with van der Waals surface area (Å²) in [5.41, 5.74) is 0. The topological polar surface area (TPSA) is 0 Å². The Kier molecular flexibility index (Phi) is 8.52. The molecule has 0 fully saturated rings. The van der Waals surface area contributed by atoms with Crippen LogP contribution in [0.5, 0.6) is 0 Å². The van der Waals surface area contributed by atoms with Gasteiger partial charge in [0.25, 0.3) is 0 Å². The fourth-order valence-electron chi connectivity index (χ4n) is 1.93. The normalized spacial score (nSPS) is 12.8. The van der Waals surface area contributed by atoms with Crippen LogP contribution in [0.15, 0.2) is 33.6 Å². The zero-order valence-corrected chi connectivity index (χ0v) is 17.3. The van der Waals surface area contributed by atoms with Crippen molar-refractivity contribution >= 4 is 44.2 Å². The van der Waals surface area contributed by atoms with Gasteiger partial charge in [0, 0.05) is 0 Å². The van der Waals surface area contributed by atoms with E-state index in [2.05, 4.69) is 44.8 Å². The van der Waals surface area contributed by atoms with Crippen LogP contribution in [-0.2, 0) is 0 Å². The first-order valence-electron chi connectivity index (χ1n) is 7.57. The molecule has 0 aliphatic rings. The van der Waals surface area contributed by atoms with Crippen molar-refractivity contribution in [1.82, 2.24) is 0 Å². The van der Waals surface area contributed by atoms with Gasteiger partial charge in [0.05, 0.1) is 0 Å². The summed E-state index contributed by atoms with van der Waals surface area (Å²) in [4.78, 5) is 0. The van der Waals surface area contributed by atoms with Crippen molar-refractivity contribution in [3.63, 3.8) is 0 Å². The Balaban J connectivity index is 2.65. The van der Waals surface area contributed by atoms with E-state index in [-0.39, 0.29) is 20.9 Å². The first kappa shape index (κ1) is 18.3. The molecule has 0 spiro atoms. The summed E-state index contributed by atoms with van der Waals surface area (Å²) in [6.07, 6.45) is 9.30. The van der Waals surface area contributed by atoms with E-state index in [4.69, 9.17) is 11.6 Å². The number of hydrogen-bond donors (Lipinski definition) is 0. The van der Waals surface area contributed by atoms with Crippen LogP contribution in [0, 0.1) is 0 Å². The van der Waals surface area contributed by atoms with Crippen molar-refractivity contribution in [3.8, 4) is 0 Å². The van der Waals surface area contributed by atoms with Gasteiger partial charge in [-0.3, -0.25) is 0 Å². The summed E-state index contributed by atoms with van der Waals surface area (Å²) >= 11 is 5.77. The molecule has 3 heteroatoms. The Morgan fingerprint density at radius 3 is 2.30 bits per heavy atom. The molecule has 0 saturated carbocycles. The number of benzene rings is 1. The fourth-order valence-corrected chi connectivity index (χ4v) is 8.61. The van der Waals surface area contributed by atoms with Crippen LogP contribution in [0.2, 0.25) is 24.7 Å². The van der Waals surface area contributed by atoms with E-state index in [0.717, 1.165) is 5.02 Å². The Hall–Kier alpha value is 0.256. The Morgan fingerprint density at radius 2 is 1.75 bits per heavy atom. The Bertz CT molecular complexity index is 418. The molecule has 0 bridgehead atoms. The van der Waals surface area contributed by atoms with Crippen molar-refractivity contribution in [1.29, 1.82) is 0 Å². The van der Waals surface area contributed by atoms with E-state index in [1.54, 1.807) is 0 Å². The van der Waals surface area contributed by atoms with E-state index >= 15 is 0 Å². The van der Waals surface area contributed by atoms with E-state index in [0.29, 0.717) is 0 Å². The third kappa shape index (κ3) is 7.32. The predicted molar refractivity (Wildman–Crippen MR) is 97.0 cm³/mol. The average molecular weight is 423 g/mol. The molecule has 0 N–H and O–H groups in total. The van der Waals surface area contributed by atoms with Crippen LogP contribution in [0.3, 0.4) is 0 Å². The van der Waals surface area contributed by atoms with Crippen molar-refractivity contribution in [2.75, 3.05) is 0 Å². The van der Waals surface area contributed by atoms with Crippen molar-refractivity contribution in [3.05, 3.63) is 38.6 Å². The molecule has 0 nitrogen and oxygen atoms in total. The molecule has 0 unspecified atom stereocenters. The van der Waals surface area contributed by atoms with Gasteiger partial charge < -0.3 is 0 Å². The van der Waals surface area contributed by atoms with Crippen LogP contribution < -0.4 is 3.61 Å². The van der Waals surface area contributed by atoms with Gasteiger partial charge in [-0.15, -0.1) is 0 Å². The molecule has 20 heavy (non-hydrogen) atoms. The maximum absolute atomic E-state index is 5.98. The minimum atomic E-state index is -1.17. The second-order valence-corrected chi connectivity index (χ2v) is 16.0. The quantitative estimate of drug-likeness (QED) is 0.389. The monoisotopic (exact) mass is 424 g/mol. The molecule has 1 rings (SSSR count). The zero-order valence-electron chi connectivity index (χ0n) is 13.2. The maximum atomic E-state index is 5.98. The second kappa shape index (κ2) is 9.31. The van der Waals surface area contributed by atoms with Crippen molar-refractivity contribution in [2.45, 2.75) is 58.7 Å². The number of allylic oxidation sites excluding steroid dienone is 1. The van der Waals surface area contributed by atoms with Crippen LogP contribution in [-0.4, -0.2) is 29.0 Å². The van der Waals surface area contributed by atoms with Crippen LogP contribution >= 0.6 is 11.6 Å². The summed E-state index contributed by atoms with van der Waals surface area (Å²) in [6.45, 7) is 9.71. The molecule has 1 aromatic carbocycles. The molecule has 0 radical (unpaired) electrons. The second-order valence-electron chi connectivity index (χ2n) is 6.22. The molecule has 1 aromatic rings. The van der Waals surface area contributed by atoms with Gasteiger partial charge in [0.2, 0.25) is 0 Å². The summed E-state index contributed by atoms with van der Waals surface area (Å²) in [6, 6.07) is 8.50. The number of hydrogen-bond acceptors (Lipinski definition) is 0. The van der Waals surface area contributed by atoms with Gasteiger partial charge in [0.15, 0.2) is 0 Å². The first-order chi connectivity index (χ1) is 9.43. The predicted octanol–water partition coefficient (Wildman–Crippen LogP) is 5.40. The summed E-state index contributed by atoms with van der Waals surface area (Å²) in [5.74, 6) is 0. The summed E-state index contributed by atoms with van der Waals surface area (Å²) < 4.78 is 3.32. The third-order valence-corrected chi connectivity index (χ3v) is 13.6. The van der Waals surface area contributed by atoms with Crippen LogP contribution in [0.25, 0.3) is 0 Å². The van der Waals surface area contributed by atoms with Gasteiger partial charge >= 0.3 is 141 Å². The van der Waals surface area contributed by atoms with Crippen LogP contribution in [0.1, 0.15) is 39.0 Å². The molecule has 0 atom stereocenters. The van der Waals surface area contributed by atoms with E-state index in [9.17, 15) is 0 Å². The van der Waals surface area contributed by atoms with Gasteiger partial charge in [-0.1, -0.05) is 0 Å². The van der Waals surface area contributed by atoms with E-state index < -0.39 is 8.07 Å². The van der Waals surface area contributed by atoms with Gasteiger partial charge in [0.1, 0.15) is 0 Å². The van der Waals surface area contributed by atoms with Crippen molar-refractivity contribution in [2.24, 2.45) is 0 Å². The Labute approximate surface area is 141 Å². The minimum absolute atomic E-state index is 0.204. The number of rotatable bonds is 8. The molecule has 0 amide bonds.